The lowest BCUT2D eigenvalue weighted by Gasteiger charge is -2.04. The first-order valence-electron chi connectivity index (χ1n) is 5.42. The molecule has 0 fully saturated rings. The van der Waals surface area contributed by atoms with Crippen molar-refractivity contribution in [1.82, 2.24) is 9.78 Å². The molecule has 0 bridgehead atoms. The van der Waals surface area contributed by atoms with Gasteiger partial charge < -0.3 is 0 Å². The number of nitriles is 1. The zero-order valence-electron chi connectivity index (χ0n) is 10.1. The minimum Gasteiger partial charge on any atom is -0.262 e. The Balaban J connectivity index is 2.15. The molecule has 5 heteroatoms. The molecule has 92 valence electrons. The van der Waals surface area contributed by atoms with Crippen molar-refractivity contribution in [2.75, 3.05) is 0 Å². The Kier molecular flexibility index (Phi) is 3.68. The molecule has 0 spiro atoms. The fourth-order valence-electron chi connectivity index (χ4n) is 1.63. The molecule has 2 aromatic rings. The molecule has 1 aromatic carbocycles. The third-order valence-electron chi connectivity index (χ3n) is 2.51. The summed E-state index contributed by atoms with van der Waals surface area (Å²) in [5, 5.41) is 14.0. The van der Waals surface area contributed by atoms with E-state index in [1.54, 1.807) is 10.7 Å². The highest BCUT2D eigenvalue weighted by molar-refractivity contribution is 7.98. The van der Waals surface area contributed by atoms with Crippen molar-refractivity contribution >= 4 is 11.8 Å². The van der Waals surface area contributed by atoms with E-state index in [0.717, 1.165) is 10.7 Å². The molecule has 18 heavy (non-hydrogen) atoms. The maximum Gasteiger partial charge on any atom is 0.127 e. The molecule has 0 radical (unpaired) electrons. The van der Waals surface area contributed by atoms with Gasteiger partial charge in [0.1, 0.15) is 5.82 Å². The Labute approximate surface area is 109 Å². The highest BCUT2D eigenvalue weighted by atomic mass is 32.2. The van der Waals surface area contributed by atoms with Crippen LogP contribution in [0.1, 0.15) is 16.8 Å². The molecule has 3 nitrogen and oxygen atoms in total. The molecule has 1 aromatic heterocycles. The second-order valence-electron chi connectivity index (χ2n) is 3.95. The predicted octanol–water partition coefficient (Wildman–Crippen LogP) is 3.03. The van der Waals surface area contributed by atoms with Crippen LogP contribution >= 0.6 is 11.8 Å². The molecular formula is C13H12FN3S. The summed E-state index contributed by atoms with van der Waals surface area (Å²) in [7, 11) is 1.86. The molecule has 2 rings (SSSR count). The van der Waals surface area contributed by atoms with Gasteiger partial charge in [-0.1, -0.05) is 0 Å². The molecule has 0 aliphatic heterocycles. The number of aryl methyl sites for hydroxylation is 2. The number of thioether (sulfide) groups is 1. The summed E-state index contributed by atoms with van der Waals surface area (Å²) in [5.41, 5.74) is 1.96. The molecule has 0 atom stereocenters. The van der Waals surface area contributed by atoms with Gasteiger partial charge in [-0.25, -0.2) is 4.39 Å². The second-order valence-corrected chi connectivity index (χ2v) is 4.95. The lowest BCUT2D eigenvalue weighted by molar-refractivity contribution is 0.617. The van der Waals surface area contributed by atoms with E-state index in [0.29, 0.717) is 16.9 Å². The maximum absolute atomic E-state index is 13.6. The fourth-order valence-corrected chi connectivity index (χ4v) is 2.63. The van der Waals surface area contributed by atoms with Gasteiger partial charge in [-0.05, 0) is 36.8 Å². The Morgan fingerprint density at radius 2 is 2.22 bits per heavy atom. The van der Waals surface area contributed by atoms with E-state index >= 15 is 0 Å². The number of hydrogen-bond donors (Lipinski definition) is 0. The second kappa shape index (κ2) is 5.23. The molecule has 0 aliphatic carbocycles. The van der Waals surface area contributed by atoms with Crippen molar-refractivity contribution in [3.05, 3.63) is 46.9 Å². The van der Waals surface area contributed by atoms with Gasteiger partial charge in [-0.3, -0.25) is 4.68 Å². The van der Waals surface area contributed by atoms with Crippen molar-refractivity contribution in [3.63, 3.8) is 0 Å². The molecule has 1 heterocycles. The van der Waals surface area contributed by atoms with Gasteiger partial charge in [0.2, 0.25) is 0 Å². The van der Waals surface area contributed by atoms with Crippen LogP contribution in [0.5, 0.6) is 0 Å². The summed E-state index contributed by atoms with van der Waals surface area (Å²) in [6.07, 6.45) is 0. The topological polar surface area (TPSA) is 41.6 Å². The van der Waals surface area contributed by atoms with E-state index in [1.807, 2.05) is 26.1 Å². The monoisotopic (exact) mass is 261 g/mol. The van der Waals surface area contributed by atoms with Crippen LogP contribution in [-0.4, -0.2) is 9.78 Å². The zero-order valence-corrected chi connectivity index (χ0v) is 11.0. The molecule has 0 N–H and O–H groups in total. The lowest BCUT2D eigenvalue weighted by Crippen LogP contribution is -1.94. The normalized spacial score (nSPS) is 10.3. The van der Waals surface area contributed by atoms with Crippen LogP contribution in [0, 0.1) is 24.1 Å². The van der Waals surface area contributed by atoms with Gasteiger partial charge in [-0.2, -0.15) is 10.4 Å². The Bertz CT molecular complexity index is 613. The van der Waals surface area contributed by atoms with E-state index in [9.17, 15) is 4.39 Å². The Morgan fingerprint density at radius 1 is 1.44 bits per heavy atom. The average molecular weight is 261 g/mol. The summed E-state index contributed by atoms with van der Waals surface area (Å²) in [5.74, 6) is 0.209. The number of nitrogens with zero attached hydrogens (tertiary/aromatic N) is 3. The first-order valence-corrected chi connectivity index (χ1v) is 6.40. The van der Waals surface area contributed by atoms with Crippen LogP contribution in [0.25, 0.3) is 0 Å². The quantitative estimate of drug-likeness (QED) is 0.797. The van der Waals surface area contributed by atoms with E-state index in [4.69, 9.17) is 5.26 Å². The first kappa shape index (κ1) is 12.7. The van der Waals surface area contributed by atoms with Crippen molar-refractivity contribution in [1.29, 1.82) is 5.26 Å². The smallest absolute Gasteiger partial charge is 0.127 e. The van der Waals surface area contributed by atoms with Gasteiger partial charge in [0.25, 0.3) is 0 Å². The van der Waals surface area contributed by atoms with Crippen molar-refractivity contribution in [2.45, 2.75) is 17.7 Å². The molecular weight excluding hydrogens is 249 g/mol. The average Bonchev–Trinajstić information content (AvgIpc) is 2.67. The summed E-state index contributed by atoms with van der Waals surface area (Å²) in [4.78, 5) is 0. The molecule has 0 unspecified atom stereocenters. The minimum atomic E-state index is -0.277. The standard InChI is InChI=1S/C13H12FN3S/c1-9-5-13(17(2)16-9)18-8-11-6-10(7-15)3-4-12(11)14/h3-6H,8H2,1-2H3. The number of benzene rings is 1. The summed E-state index contributed by atoms with van der Waals surface area (Å²) < 4.78 is 15.3. The highest BCUT2D eigenvalue weighted by Gasteiger charge is 2.07. The number of aromatic nitrogens is 2. The highest BCUT2D eigenvalue weighted by Crippen LogP contribution is 2.24. The van der Waals surface area contributed by atoms with Crippen LogP contribution in [-0.2, 0) is 12.8 Å². The number of hydrogen-bond acceptors (Lipinski definition) is 3. The van der Waals surface area contributed by atoms with Crippen molar-refractivity contribution in [2.24, 2.45) is 7.05 Å². The minimum absolute atomic E-state index is 0.277. The summed E-state index contributed by atoms with van der Waals surface area (Å²) >= 11 is 1.51. The van der Waals surface area contributed by atoms with Crippen LogP contribution in [0.4, 0.5) is 4.39 Å². The van der Waals surface area contributed by atoms with E-state index in [2.05, 4.69) is 5.10 Å². The lowest BCUT2D eigenvalue weighted by atomic mass is 10.1. The summed E-state index contributed by atoms with van der Waals surface area (Å²) in [6, 6.07) is 8.38. The van der Waals surface area contributed by atoms with Gasteiger partial charge in [0, 0.05) is 12.8 Å². The van der Waals surface area contributed by atoms with Crippen LogP contribution in [0.3, 0.4) is 0 Å². The van der Waals surface area contributed by atoms with Gasteiger partial charge in [-0.15, -0.1) is 11.8 Å². The Hall–Kier alpha value is -1.80. The molecule has 0 amide bonds. The van der Waals surface area contributed by atoms with Crippen LogP contribution in [0.15, 0.2) is 29.3 Å². The van der Waals surface area contributed by atoms with Crippen molar-refractivity contribution in [3.8, 4) is 6.07 Å². The molecule has 0 saturated heterocycles. The van der Waals surface area contributed by atoms with Crippen molar-refractivity contribution < 1.29 is 4.39 Å². The van der Waals surface area contributed by atoms with Crippen LogP contribution < -0.4 is 0 Å². The molecule has 0 saturated carbocycles. The van der Waals surface area contributed by atoms with Gasteiger partial charge >= 0.3 is 0 Å². The number of rotatable bonds is 3. The van der Waals surface area contributed by atoms with Gasteiger partial charge in [0.05, 0.1) is 22.4 Å². The molecule has 0 aliphatic rings. The predicted molar refractivity (Wildman–Crippen MR) is 68.6 cm³/mol. The number of halogens is 1. The zero-order chi connectivity index (χ0) is 13.1. The maximum atomic E-state index is 13.6. The van der Waals surface area contributed by atoms with E-state index in [-0.39, 0.29) is 5.82 Å². The summed E-state index contributed by atoms with van der Waals surface area (Å²) in [6.45, 7) is 1.92. The van der Waals surface area contributed by atoms with Crippen LogP contribution in [0.2, 0.25) is 0 Å². The van der Waals surface area contributed by atoms with Gasteiger partial charge in [0.15, 0.2) is 0 Å². The third-order valence-corrected chi connectivity index (χ3v) is 3.64. The SMILES string of the molecule is Cc1cc(SCc2cc(C#N)ccc2F)n(C)n1. The Morgan fingerprint density at radius 3 is 2.83 bits per heavy atom. The fraction of sp³-hybridized carbons (Fsp3) is 0.231. The van der Waals surface area contributed by atoms with E-state index in [1.165, 1.54) is 23.9 Å². The third kappa shape index (κ3) is 2.71. The van der Waals surface area contributed by atoms with E-state index < -0.39 is 0 Å². The first-order chi connectivity index (χ1) is 8.60. The largest absolute Gasteiger partial charge is 0.262 e.